The SMILES string of the molecule is CCC1(CO)CCN(C(=O)CNc2c(C)cccc2C)CC1. The van der Waals surface area contributed by atoms with Crippen LogP contribution in [0, 0.1) is 19.3 Å². The number of aliphatic hydroxyl groups is 1. The number of carbonyl (C=O) groups is 1. The number of aryl methyl sites for hydroxylation is 2. The second-order valence-electron chi connectivity index (χ2n) is 6.51. The number of likely N-dealkylation sites (tertiary alicyclic amines) is 1. The van der Waals surface area contributed by atoms with Crippen LogP contribution in [0.4, 0.5) is 5.69 Å². The Morgan fingerprint density at radius 2 is 1.86 bits per heavy atom. The van der Waals surface area contributed by atoms with Crippen molar-refractivity contribution in [1.82, 2.24) is 4.90 Å². The van der Waals surface area contributed by atoms with Gasteiger partial charge >= 0.3 is 0 Å². The fourth-order valence-electron chi connectivity index (χ4n) is 3.22. The minimum Gasteiger partial charge on any atom is -0.396 e. The van der Waals surface area contributed by atoms with Gasteiger partial charge in [0.15, 0.2) is 0 Å². The molecule has 22 heavy (non-hydrogen) atoms. The van der Waals surface area contributed by atoms with Crippen molar-refractivity contribution in [2.45, 2.75) is 40.0 Å². The molecule has 1 amide bonds. The molecule has 0 saturated carbocycles. The Hall–Kier alpha value is -1.55. The van der Waals surface area contributed by atoms with Crippen molar-refractivity contribution < 1.29 is 9.90 Å². The number of nitrogens with zero attached hydrogens (tertiary/aromatic N) is 1. The number of benzene rings is 1. The maximum atomic E-state index is 12.4. The normalized spacial score (nSPS) is 17.4. The molecule has 1 aliphatic rings. The van der Waals surface area contributed by atoms with E-state index in [2.05, 4.69) is 38.2 Å². The van der Waals surface area contributed by atoms with Gasteiger partial charge in [0.1, 0.15) is 0 Å². The Morgan fingerprint density at radius 1 is 1.27 bits per heavy atom. The lowest BCUT2D eigenvalue weighted by atomic mass is 9.77. The number of hydrogen-bond donors (Lipinski definition) is 2. The molecule has 4 nitrogen and oxygen atoms in total. The molecule has 4 heteroatoms. The summed E-state index contributed by atoms with van der Waals surface area (Å²) in [5.41, 5.74) is 3.41. The Labute approximate surface area is 133 Å². The third-order valence-corrected chi connectivity index (χ3v) is 5.16. The van der Waals surface area contributed by atoms with Gasteiger partial charge in [0, 0.05) is 25.4 Å². The Morgan fingerprint density at radius 3 is 2.36 bits per heavy atom. The molecular weight excluding hydrogens is 276 g/mol. The van der Waals surface area contributed by atoms with Crippen LogP contribution in [0.2, 0.25) is 0 Å². The van der Waals surface area contributed by atoms with Gasteiger partial charge in [0.2, 0.25) is 5.91 Å². The Bertz CT molecular complexity index is 494. The lowest BCUT2D eigenvalue weighted by Crippen LogP contribution is -2.46. The molecule has 1 aromatic rings. The highest BCUT2D eigenvalue weighted by atomic mass is 16.3. The summed E-state index contributed by atoms with van der Waals surface area (Å²) < 4.78 is 0. The summed E-state index contributed by atoms with van der Waals surface area (Å²) in [4.78, 5) is 14.3. The number of carbonyl (C=O) groups excluding carboxylic acids is 1. The molecule has 1 heterocycles. The van der Waals surface area contributed by atoms with Crippen LogP contribution in [-0.2, 0) is 4.79 Å². The third kappa shape index (κ3) is 3.61. The highest BCUT2D eigenvalue weighted by Crippen LogP contribution is 2.34. The quantitative estimate of drug-likeness (QED) is 0.879. The topological polar surface area (TPSA) is 52.6 Å². The van der Waals surface area contributed by atoms with Crippen LogP contribution in [0.1, 0.15) is 37.3 Å². The fraction of sp³-hybridized carbons (Fsp3) is 0.611. The molecule has 0 aromatic heterocycles. The summed E-state index contributed by atoms with van der Waals surface area (Å²) in [7, 11) is 0. The van der Waals surface area contributed by atoms with Crippen LogP contribution in [0.3, 0.4) is 0 Å². The molecule has 0 unspecified atom stereocenters. The van der Waals surface area contributed by atoms with E-state index in [4.69, 9.17) is 0 Å². The van der Waals surface area contributed by atoms with E-state index in [0.29, 0.717) is 6.54 Å². The monoisotopic (exact) mass is 304 g/mol. The predicted molar refractivity (Wildman–Crippen MR) is 90.0 cm³/mol. The van der Waals surface area contributed by atoms with Crippen molar-refractivity contribution in [3.8, 4) is 0 Å². The van der Waals surface area contributed by atoms with Gasteiger partial charge in [0.25, 0.3) is 0 Å². The van der Waals surface area contributed by atoms with Gasteiger partial charge in [-0.05, 0) is 49.7 Å². The minimum atomic E-state index is 0.0246. The molecule has 2 N–H and O–H groups in total. The first-order valence-corrected chi connectivity index (χ1v) is 8.20. The zero-order valence-electron chi connectivity index (χ0n) is 14.0. The summed E-state index contributed by atoms with van der Waals surface area (Å²) in [5.74, 6) is 0.144. The van der Waals surface area contributed by atoms with E-state index >= 15 is 0 Å². The van der Waals surface area contributed by atoms with E-state index in [0.717, 1.165) is 49.2 Å². The molecule has 0 spiro atoms. The number of para-hydroxylation sites is 1. The summed E-state index contributed by atoms with van der Waals surface area (Å²) >= 11 is 0. The molecule has 0 aliphatic carbocycles. The molecule has 1 saturated heterocycles. The third-order valence-electron chi connectivity index (χ3n) is 5.16. The van der Waals surface area contributed by atoms with Gasteiger partial charge < -0.3 is 15.3 Å². The lowest BCUT2D eigenvalue weighted by molar-refractivity contribution is -0.132. The van der Waals surface area contributed by atoms with Crippen LogP contribution in [0.15, 0.2) is 18.2 Å². The zero-order chi connectivity index (χ0) is 16.2. The van der Waals surface area contributed by atoms with E-state index in [1.807, 2.05) is 11.0 Å². The average Bonchev–Trinajstić information content (AvgIpc) is 2.54. The highest BCUT2D eigenvalue weighted by Gasteiger charge is 2.33. The van der Waals surface area contributed by atoms with Gasteiger partial charge in [-0.15, -0.1) is 0 Å². The molecule has 0 bridgehead atoms. The van der Waals surface area contributed by atoms with Gasteiger partial charge in [-0.1, -0.05) is 25.1 Å². The first-order valence-electron chi connectivity index (χ1n) is 8.20. The zero-order valence-corrected chi connectivity index (χ0v) is 14.0. The lowest BCUT2D eigenvalue weighted by Gasteiger charge is -2.40. The Kier molecular flexibility index (Phi) is 5.46. The summed E-state index contributed by atoms with van der Waals surface area (Å²) in [6.45, 7) is 8.30. The summed E-state index contributed by atoms with van der Waals surface area (Å²) in [5, 5.41) is 12.9. The van der Waals surface area contributed by atoms with Crippen LogP contribution in [0.25, 0.3) is 0 Å². The molecule has 2 rings (SSSR count). The van der Waals surface area contributed by atoms with E-state index in [-0.39, 0.29) is 17.9 Å². The van der Waals surface area contributed by atoms with Gasteiger partial charge in [-0.2, -0.15) is 0 Å². The van der Waals surface area contributed by atoms with Gasteiger partial charge in [0.05, 0.1) is 6.54 Å². The Balaban J connectivity index is 1.89. The van der Waals surface area contributed by atoms with Crippen LogP contribution >= 0.6 is 0 Å². The van der Waals surface area contributed by atoms with Crippen molar-refractivity contribution >= 4 is 11.6 Å². The van der Waals surface area contributed by atoms with Gasteiger partial charge in [-0.25, -0.2) is 0 Å². The molecule has 122 valence electrons. The number of rotatable bonds is 5. The van der Waals surface area contributed by atoms with Crippen molar-refractivity contribution in [3.05, 3.63) is 29.3 Å². The fourth-order valence-corrected chi connectivity index (χ4v) is 3.22. The summed E-state index contributed by atoms with van der Waals surface area (Å²) in [6, 6.07) is 6.14. The smallest absolute Gasteiger partial charge is 0.241 e. The van der Waals surface area contributed by atoms with Gasteiger partial charge in [-0.3, -0.25) is 4.79 Å². The van der Waals surface area contributed by atoms with Crippen LogP contribution < -0.4 is 5.32 Å². The standard InChI is InChI=1S/C18H28N2O2/c1-4-18(13-21)8-10-20(11-9-18)16(22)12-19-17-14(2)6-5-7-15(17)3/h5-7,19,21H,4,8-13H2,1-3H3. The molecule has 0 atom stereocenters. The number of anilines is 1. The molecular formula is C18H28N2O2. The van der Waals surface area contributed by atoms with Crippen molar-refractivity contribution in [2.24, 2.45) is 5.41 Å². The predicted octanol–water partition coefficient (Wildman–Crippen LogP) is 2.73. The average molecular weight is 304 g/mol. The number of piperidine rings is 1. The first kappa shape index (κ1) is 16.8. The molecule has 1 aliphatic heterocycles. The number of nitrogens with one attached hydrogen (secondary N) is 1. The van der Waals surface area contributed by atoms with Crippen molar-refractivity contribution in [2.75, 3.05) is 31.6 Å². The second-order valence-corrected chi connectivity index (χ2v) is 6.51. The maximum absolute atomic E-state index is 12.4. The van der Waals surface area contributed by atoms with Crippen molar-refractivity contribution in [3.63, 3.8) is 0 Å². The van der Waals surface area contributed by atoms with E-state index in [1.54, 1.807) is 0 Å². The second kappa shape index (κ2) is 7.14. The van der Waals surface area contributed by atoms with Crippen molar-refractivity contribution in [1.29, 1.82) is 0 Å². The number of amides is 1. The van der Waals surface area contributed by atoms with Crippen LogP contribution in [0.5, 0.6) is 0 Å². The van der Waals surface area contributed by atoms with E-state index < -0.39 is 0 Å². The highest BCUT2D eigenvalue weighted by molar-refractivity contribution is 5.81. The molecule has 0 radical (unpaired) electrons. The van der Waals surface area contributed by atoms with E-state index in [1.165, 1.54) is 0 Å². The summed E-state index contributed by atoms with van der Waals surface area (Å²) in [6.07, 6.45) is 2.77. The van der Waals surface area contributed by atoms with E-state index in [9.17, 15) is 9.90 Å². The minimum absolute atomic E-state index is 0.0246. The number of hydrogen-bond acceptors (Lipinski definition) is 3. The first-order chi connectivity index (χ1) is 10.5. The number of aliphatic hydroxyl groups excluding tert-OH is 1. The molecule has 1 fully saturated rings. The van der Waals surface area contributed by atoms with Crippen LogP contribution in [-0.4, -0.2) is 42.2 Å². The molecule has 1 aromatic carbocycles. The maximum Gasteiger partial charge on any atom is 0.241 e. The largest absolute Gasteiger partial charge is 0.396 e.